The van der Waals surface area contributed by atoms with E-state index in [1.807, 2.05) is 19.9 Å². The second-order valence-electron chi connectivity index (χ2n) is 4.22. The molecule has 0 heterocycles. The number of carbonyl (C=O) groups excluding carboxylic acids is 1. The zero-order valence-corrected chi connectivity index (χ0v) is 10.5. The van der Waals surface area contributed by atoms with Crippen LogP contribution in [-0.4, -0.2) is 18.2 Å². The monoisotopic (exact) mass is 237 g/mol. The van der Waals surface area contributed by atoms with Gasteiger partial charge in [-0.1, -0.05) is 6.07 Å². The summed E-state index contributed by atoms with van der Waals surface area (Å²) in [6.07, 6.45) is 0.715. The Hall–Kier alpha value is -1.55. The molecule has 17 heavy (non-hydrogen) atoms. The molecule has 94 valence electrons. The van der Waals surface area contributed by atoms with Crippen LogP contribution in [0.1, 0.15) is 35.6 Å². The van der Waals surface area contributed by atoms with Crippen molar-refractivity contribution in [3.8, 4) is 5.75 Å². The van der Waals surface area contributed by atoms with Gasteiger partial charge in [0.05, 0.1) is 7.11 Å². The Morgan fingerprint density at radius 3 is 2.59 bits per heavy atom. The predicted octanol–water partition coefficient (Wildman–Crippen LogP) is 1.96. The van der Waals surface area contributed by atoms with E-state index >= 15 is 0 Å². The van der Waals surface area contributed by atoms with Crippen LogP contribution in [0.15, 0.2) is 12.1 Å². The van der Waals surface area contributed by atoms with Gasteiger partial charge in [0.1, 0.15) is 5.75 Å². The van der Waals surface area contributed by atoms with Gasteiger partial charge in [-0.05, 0) is 37.5 Å². The molecule has 1 unspecified atom stereocenters. The Morgan fingerprint density at radius 1 is 1.41 bits per heavy atom. The maximum atomic E-state index is 11.0. The SMILES string of the molecule is COC(=O)CCC(N)c1cc(C)c(C)cc1O. The molecule has 0 saturated heterocycles. The molecule has 0 fully saturated rings. The lowest BCUT2D eigenvalue weighted by Gasteiger charge is -2.15. The summed E-state index contributed by atoms with van der Waals surface area (Å²) in [5.74, 6) is -0.103. The topological polar surface area (TPSA) is 72.5 Å². The van der Waals surface area contributed by atoms with Crippen LogP contribution in [0.4, 0.5) is 0 Å². The van der Waals surface area contributed by atoms with Gasteiger partial charge < -0.3 is 15.6 Å². The van der Waals surface area contributed by atoms with Gasteiger partial charge in [-0.3, -0.25) is 4.79 Å². The Morgan fingerprint density at radius 2 is 2.00 bits per heavy atom. The van der Waals surface area contributed by atoms with Crippen molar-refractivity contribution in [3.05, 3.63) is 28.8 Å². The Labute approximate surface area is 101 Å². The maximum absolute atomic E-state index is 11.0. The highest BCUT2D eigenvalue weighted by atomic mass is 16.5. The van der Waals surface area contributed by atoms with Gasteiger partial charge in [-0.15, -0.1) is 0 Å². The zero-order chi connectivity index (χ0) is 13.0. The fourth-order valence-corrected chi connectivity index (χ4v) is 1.65. The van der Waals surface area contributed by atoms with Crippen molar-refractivity contribution in [3.63, 3.8) is 0 Å². The van der Waals surface area contributed by atoms with Crippen molar-refractivity contribution in [2.24, 2.45) is 5.73 Å². The standard InChI is InChI=1S/C13H19NO3/c1-8-6-10(12(15)7-9(8)2)11(14)4-5-13(16)17-3/h6-7,11,15H,4-5,14H2,1-3H3. The average Bonchev–Trinajstić information content (AvgIpc) is 2.30. The van der Waals surface area contributed by atoms with E-state index < -0.39 is 0 Å². The minimum atomic E-state index is -0.353. The lowest BCUT2D eigenvalue weighted by atomic mass is 9.97. The van der Waals surface area contributed by atoms with E-state index in [-0.39, 0.29) is 24.2 Å². The first-order valence-corrected chi connectivity index (χ1v) is 5.58. The number of hydrogen-bond acceptors (Lipinski definition) is 4. The van der Waals surface area contributed by atoms with Crippen LogP contribution in [0.5, 0.6) is 5.75 Å². The molecule has 0 aliphatic rings. The molecule has 1 rings (SSSR count). The van der Waals surface area contributed by atoms with Crippen LogP contribution < -0.4 is 5.73 Å². The molecule has 0 radical (unpaired) electrons. The van der Waals surface area contributed by atoms with Crippen LogP contribution in [0.2, 0.25) is 0 Å². The first-order valence-electron chi connectivity index (χ1n) is 5.58. The molecule has 1 aromatic rings. The van der Waals surface area contributed by atoms with E-state index in [1.165, 1.54) is 7.11 Å². The minimum absolute atomic E-state index is 0.186. The summed E-state index contributed by atoms with van der Waals surface area (Å²) >= 11 is 0. The van der Waals surface area contributed by atoms with Crippen molar-refractivity contribution >= 4 is 5.97 Å². The van der Waals surface area contributed by atoms with Crippen molar-refractivity contribution in [1.82, 2.24) is 0 Å². The largest absolute Gasteiger partial charge is 0.508 e. The molecule has 3 N–H and O–H groups in total. The van der Waals surface area contributed by atoms with Crippen molar-refractivity contribution in [2.45, 2.75) is 32.7 Å². The van der Waals surface area contributed by atoms with E-state index in [0.29, 0.717) is 12.0 Å². The highest BCUT2D eigenvalue weighted by Gasteiger charge is 2.14. The van der Waals surface area contributed by atoms with Crippen LogP contribution in [0.25, 0.3) is 0 Å². The fourth-order valence-electron chi connectivity index (χ4n) is 1.65. The number of rotatable bonds is 4. The number of phenols is 1. The van der Waals surface area contributed by atoms with E-state index in [2.05, 4.69) is 4.74 Å². The smallest absolute Gasteiger partial charge is 0.305 e. The number of methoxy groups -OCH3 is 1. The number of esters is 1. The van der Waals surface area contributed by atoms with Crippen LogP contribution in [-0.2, 0) is 9.53 Å². The second-order valence-corrected chi connectivity index (χ2v) is 4.22. The summed E-state index contributed by atoms with van der Waals surface area (Å²) in [6, 6.07) is 3.21. The van der Waals surface area contributed by atoms with Crippen molar-refractivity contribution in [2.75, 3.05) is 7.11 Å². The molecule has 4 nitrogen and oxygen atoms in total. The summed E-state index contributed by atoms with van der Waals surface area (Å²) in [4.78, 5) is 11.0. The number of hydrogen-bond donors (Lipinski definition) is 2. The van der Waals surface area contributed by atoms with Gasteiger partial charge in [0.2, 0.25) is 0 Å². The Balaban J connectivity index is 2.78. The predicted molar refractivity (Wildman–Crippen MR) is 65.8 cm³/mol. The van der Waals surface area contributed by atoms with Gasteiger partial charge >= 0.3 is 5.97 Å². The van der Waals surface area contributed by atoms with E-state index in [4.69, 9.17) is 5.73 Å². The lowest BCUT2D eigenvalue weighted by Crippen LogP contribution is -2.13. The fraction of sp³-hybridized carbons (Fsp3) is 0.462. The molecule has 1 aromatic carbocycles. The number of phenolic OH excluding ortho intramolecular Hbond substituents is 1. The number of benzene rings is 1. The third kappa shape index (κ3) is 3.46. The molecule has 0 bridgehead atoms. The van der Waals surface area contributed by atoms with E-state index in [1.54, 1.807) is 6.07 Å². The second kappa shape index (κ2) is 5.68. The Kier molecular flexibility index (Phi) is 4.52. The van der Waals surface area contributed by atoms with Crippen LogP contribution >= 0.6 is 0 Å². The minimum Gasteiger partial charge on any atom is -0.508 e. The van der Waals surface area contributed by atoms with Crippen molar-refractivity contribution in [1.29, 1.82) is 0 Å². The number of nitrogens with two attached hydrogens (primary N) is 1. The normalized spacial score (nSPS) is 12.2. The Bertz CT molecular complexity index is 415. The zero-order valence-electron chi connectivity index (χ0n) is 10.5. The molecular formula is C13H19NO3. The average molecular weight is 237 g/mol. The molecule has 4 heteroatoms. The van der Waals surface area contributed by atoms with Gasteiger partial charge in [0.25, 0.3) is 0 Å². The highest BCUT2D eigenvalue weighted by molar-refractivity contribution is 5.69. The molecule has 1 atom stereocenters. The van der Waals surface area contributed by atoms with E-state index in [0.717, 1.165) is 11.1 Å². The molecule has 0 amide bonds. The highest BCUT2D eigenvalue weighted by Crippen LogP contribution is 2.28. The summed E-state index contributed by atoms with van der Waals surface area (Å²) in [5.41, 5.74) is 8.72. The summed E-state index contributed by atoms with van der Waals surface area (Å²) in [7, 11) is 1.35. The first-order chi connectivity index (χ1) is 7.95. The van der Waals surface area contributed by atoms with Gasteiger partial charge in [0, 0.05) is 18.0 Å². The van der Waals surface area contributed by atoms with Crippen LogP contribution in [0, 0.1) is 13.8 Å². The third-order valence-electron chi connectivity index (χ3n) is 2.93. The molecular weight excluding hydrogens is 218 g/mol. The molecule has 0 spiro atoms. The maximum Gasteiger partial charge on any atom is 0.305 e. The number of aromatic hydroxyl groups is 1. The molecule has 0 aromatic heterocycles. The number of aryl methyl sites for hydroxylation is 2. The lowest BCUT2D eigenvalue weighted by molar-refractivity contribution is -0.140. The summed E-state index contributed by atoms with van der Waals surface area (Å²) in [5, 5.41) is 9.81. The third-order valence-corrected chi connectivity index (χ3v) is 2.93. The van der Waals surface area contributed by atoms with E-state index in [9.17, 15) is 9.90 Å². The van der Waals surface area contributed by atoms with Gasteiger partial charge in [-0.25, -0.2) is 0 Å². The molecule has 0 aliphatic carbocycles. The quantitative estimate of drug-likeness (QED) is 0.785. The molecule has 0 aliphatic heterocycles. The summed E-state index contributed by atoms with van der Waals surface area (Å²) in [6.45, 7) is 3.89. The number of ether oxygens (including phenoxy) is 1. The van der Waals surface area contributed by atoms with Crippen LogP contribution in [0.3, 0.4) is 0 Å². The number of carbonyl (C=O) groups is 1. The summed E-state index contributed by atoms with van der Waals surface area (Å²) < 4.78 is 4.55. The van der Waals surface area contributed by atoms with Gasteiger partial charge in [-0.2, -0.15) is 0 Å². The van der Waals surface area contributed by atoms with Crippen molar-refractivity contribution < 1.29 is 14.6 Å². The molecule has 0 saturated carbocycles. The first kappa shape index (κ1) is 13.5. The van der Waals surface area contributed by atoms with Gasteiger partial charge in [0.15, 0.2) is 0 Å².